The van der Waals surface area contributed by atoms with Crippen LogP contribution >= 0.6 is 12.2 Å². The Kier molecular flexibility index (Phi) is 2.08. The lowest BCUT2D eigenvalue weighted by atomic mass is 10.2. The smallest absolute Gasteiger partial charge is 0.181 e. The number of hydrogen-bond donors (Lipinski definition) is 1. The molecule has 3 nitrogen and oxygen atoms in total. The van der Waals surface area contributed by atoms with Crippen molar-refractivity contribution in [2.24, 2.45) is 0 Å². The van der Waals surface area contributed by atoms with Crippen molar-refractivity contribution in [3.63, 3.8) is 0 Å². The van der Waals surface area contributed by atoms with Gasteiger partial charge in [-0.15, -0.1) is 0 Å². The van der Waals surface area contributed by atoms with E-state index in [2.05, 4.69) is 16.0 Å². The first-order valence-corrected chi connectivity index (χ1v) is 5.36. The summed E-state index contributed by atoms with van der Waals surface area (Å²) in [4.78, 5) is 7.26. The van der Waals surface area contributed by atoms with Crippen molar-refractivity contribution in [2.75, 3.05) is 0 Å². The number of aromatic amines is 1. The Morgan fingerprint density at radius 1 is 1.25 bits per heavy atom. The monoisotopic (exact) mass is 227 g/mol. The molecule has 16 heavy (non-hydrogen) atoms. The van der Waals surface area contributed by atoms with E-state index in [1.807, 2.05) is 41.2 Å². The molecule has 0 atom stereocenters. The molecule has 0 aliphatic heterocycles. The molecule has 0 spiro atoms. The van der Waals surface area contributed by atoms with Crippen molar-refractivity contribution in [1.29, 1.82) is 0 Å². The molecule has 3 rings (SSSR count). The molecule has 0 fully saturated rings. The van der Waals surface area contributed by atoms with Crippen molar-refractivity contribution in [2.45, 2.75) is 0 Å². The molecule has 3 aromatic rings. The predicted octanol–water partition coefficient (Wildman–Crippen LogP) is 3.08. The maximum Gasteiger partial charge on any atom is 0.181 e. The third kappa shape index (κ3) is 1.44. The minimum absolute atomic E-state index is 0.697. The van der Waals surface area contributed by atoms with Crippen LogP contribution in [0.1, 0.15) is 0 Å². The Labute approximate surface area is 97.4 Å². The van der Waals surface area contributed by atoms with Gasteiger partial charge in [-0.3, -0.25) is 9.55 Å². The first-order valence-electron chi connectivity index (χ1n) is 4.96. The second-order valence-corrected chi connectivity index (χ2v) is 3.90. The first-order chi connectivity index (χ1) is 7.84. The summed E-state index contributed by atoms with van der Waals surface area (Å²) in [7, 11) is 0. The van der Waals surface area contributed by atoms with Gasteiger partial charge in [-0.1, -0.05) is 6.07 Å². The number of imidazole rings is 1. The second-order valence-electron chi connectivity index (χ2n) is 3.52. The Morgan fingerprint density at radius 3 is 3.00 bits per heavy atom. The van der Waals surface area contributed by atoms with Crippen LogP contribution in [0.2, 0.25) is 0 Å². The van der Waals surface area contributed by atoms with E-state index in [1.165, 1.54) is 0 Å². The zero-order valence-corrected chi connectivity index (χ0v) is 9.24. The minimum Gasteiger partial charge on any atom is -0.337 e. The van der Waals surface area contributed by atoms with E-state index >= 15 is 0 Å². The van der Waals surface area contributed by atoms with Crippen LogP contribution in [0.25, 0.3) is 16.6 Å². The standard InChI is InChI=1S/C12H9N3S/c16-12-14-6-7-15(12)10-3-4-11-9(8-10)2-1-5-13-11/h1-8H,(H,14,16). The highest BCUT2D eigenvalue weighted by atomic mass is 32.1. The molecular formula is C12H9N3S. The fraction of sp³-hybridized carbons (Fsp3) is 0. The van der Waals surface area contributed by atoms with Gasteiger partial charge in [-0.25, -0.2) is 0 Å². The Balaban J connectivity index is 2.27. The van der Waals surface area contributed by atoms with Crippen molar-refractivity contribution in [1.82, 2.24) is 14.5 Å². The fourth-order valence-corrected chi connectivity index (χ4v) is 1.97. The van der Waals surface area contributed by atoms with Gasteiger partial charge < -0.3 is 4.98 Å². The molecule has 1 aromatic carbocycles. The van der Waals surface area contributed by atoms with Gasteiger partial charge in [0, 0.05) is 29.7 Å². The van der Waals surface area contributed by atoms with Crippen LogP contribution < -0.4 is 0 Å². The summed E-state index contributed by atoms with van der Waals surface area (Å²) in [5.41, 5.74) is 2.04. The summed E-state index contributed by atoms with van der Waals surface area (Å²) in [6.45, 7) is 0. The molecule has 2 heterocycles. The number of nitrogens with zero attached hydrogens (tertiary/aromatic N) is 2. The predicted molar refractivity (Wildman–Crippen MR) is 66.3 cm³/mol. The van der Waals surface area contributed by atoms with E-state index in [9.17, 15) is 0 Å². The lowest BCUT2D eigenvalue weighted by molar-refractivity contribution is 1.03. The Morgan fingerprint density at radius 2 is 2.19 bits per heavy atom. The molecule has 0 unspecified atom stereocenters. The van der Waals surface area contributed by atoms with Gasteiger partial charge >= 0.3 is 0 Å². The molecule has 0 aliphatic carbocycles. The number of nitrogens with one attached hydrogen (secondary N) is 1. The maximum atomic E-state index is 5.18. The Bertz CT molecular complexity index is 696. The van der Waals surface area contributed by atoms with Gasteiger partial charge in [-0.05, 0) is 36.5 Å². The number of hydrogen-bond acceptors (Lipinski definition) is 2. The average Bonchev–Trinajstić information content (AvgIpc) is 2.75. The van der Waals surface area contributed by atoms with Crippen LogP contribution in [-0.2, 0) is 0 Å². The molecular weight excluding hydrogens is 218 g/mol. The summed E-state index contributed by atoms with van der Waals surface area (Å²) in [5.74, 6) is 0. The fourth-order valence-electron chi connectivity index (χ4n) is 1.74. The van der Waals surface area contributed by atoms with Gasteiger partial charge in [-0.2, -0.15) is 0 Å². The van der Waals surface area contributed by atoms with Crippen molar-refractivity contribution in [3.8, 4) is 5.69 Å². The molecule has 0 radical (unpaired) electrons. The number of benzene rings is 1. The third-order valence-electron chi connectivity index (χ3n) is 2.51. The highest BCUT2D eigenvalue weighted by Gasteiger charge is 1.99. The van der Waals surface area contributed by atoms with E-state index in [0.717, 1.165) is 16.6 Å². The molecule has 1 N–H and O–H groups in total. The summed E-state index contributed by atoms with van der Waals surface area (Å²) in [6.07, 6.45) is 5.54. The molecule has 2 aromatic heterocycles. The third-order valence-corrected chi connectivity index (χ3v) is 2.83. The van der Waals surface area contributed by atoms with Crippen molar-refractivity contribution in [3.05, 3.63) is 53.7 Å². The number of H-pyrrole nitrogens is 1. The van der Waals surface area contributed by atoms with E-state index in [-0.39, 0.29) is 0 Å². The number of pyridine rings is 1. The van der Waals surface area contributed by atoms with Gasteiger partial charge in [0.05, 0.1) is 5.52 Å². The topological polar surface area (TPSA) is 33.6 Å². The number of fused-ring (bicyclic) bond motifs is 1. The van der Waals surface area contributed by atoms with Crippen LogP contribution in [0.3, 0.4) is 0 Å². The highest BCUT2D eigenvalue weighted by Crippen LogP contribution is 2.16. The molecule has 0 aliphatic rings. The van der Waals surface area contributed by atoms with Gasteiger partial charge in [0.2, 0.25) is 0 Å². The number of aromatic nitrogens is 3. The summed E-state index contributed by atoms with van der Waals surface area (Å²) < 4.78 is 2.63. The van der Waals surface area contributed by atoms with Gasteiger partial charge in [0.1, 0.15) is 0 Å². The summed E-state index contributed by atoms with van der Waals surface area (Å²) in [6, 6.07) is 10.1. The van der Waals surface area contributed by atoms with Crippen molar-refractivity contribution < 1.29 is 0 Å². The minimum atomic E-state index is 0.697. The highest BCUT2D eigenvalue weighted by molar-refractivity contribution is 7.71. The summed E-state index contributed by atoms with van der Waals surface area (Å²) in [5, 5.41) is 1.11. The zero-order valence-electron chi connectivity index (χ0n) is 8.42. The number of rotatable bonds is 1. The molecule has 0 bridgehead atoms. The van der Waals surface area contributed by atoms with E-state index < -0.39 is 0 Å². The van der Waals surface area contributed by atoms with Gasteiger partial charge in [0.25, 0.3) is 0 Å². The van der Waals surface area contributed by atoms with Gasteiger partial charge in [0.15, 0.2) is 4.77 Å². The molecule has 4 heteroatoms. The summed E-state index contributed by atoms with van der Waals surface area (Å²) >= 11 is 5.18. The van der Waals surface area contributed by atoms with Crippen molar-refractivity contribution >= 4 is 23.1 Å². The lowest BCUT2D eigenvalue weighted by Gasteiger charge is -2.03. The van der Waals surface area contributed by atoms with E-state index in [0.29, 0.717) is 4.77 Å². The SMILES string of the molecule is S=c1[nH]ccn1-c1ccc2ncccc2c1. The average molecular weight is 227 g/mol. The van der Waals surface area contributed by atoms with Crippen LogP contribution in [0.4, 0.5) is 0 Å². The van der Waals surface area contributed by atoms with Crippen LogP contribution in [0, 0.1) is 4.77 Å². The van der Waals surface area contributed by atoms with Crippen LogP contribution in [-0.4, -0.2) is 14.5 Å². The molecule has 78 valence electrons. The molecule has 0 saturated carbocycles. The lowest BCUT2D eigenvalue weighted by Crippen LogP contribution is -1.92. The van der Waals surface area contributed by atoms with E-state index in [1.54, 1.807) is 6.20 Å². The second kappa shape index (κ2) is 3.57. The Hall–Kier alpha value is -1.94. The van der Waals surface area contributed by atoms with E-state index in [4.69, 9.17) is 12.2 Å². The first kappa shape index (κ1) is 9.30. The quantitative estimate of drug-likeness (QED) is 0.648. The zero-order chi connectivity index (χ0) is 11.0. The maximum absolute atomic E-state index is 5.18. The van der Waals surface area contributed by atoms with Crippen LogP contribution in [0.15, 0.2) is 48.9 Å². The largest absolute Gasteiger partial charge is 0.337 e. The normalized spacial score (nSPS) is 10.8. The molecule has 0 amide bonds. The van der Waals surface area contributed by atoms with Crippen LogP contribution in [0.5, 0.6) is 0 Å². The molecule has 0 saturated heterocycles.